The molecule has 1 unspecified atom stereocenters. The molecule has 162 valence electrons. The molecule has 0 aliphatic carbocycles. The third kappa shape index (κ3) is 5.02. The van der Waals surface area contributed by atoms with Gasteiger partial charge in [-0.05, 0) is 53.9 Å². The number of alkyl halides is 3. The van der Waals surface area contributed by atoms with Gasteiger partial charge in [0.15, 0.2) is 0 Å². The average molecular weight is 447 g/mol. The molecule has 1 aliphatic rings. The monoisotopic (exact) mass is 446 g/mol. The van der Waals surface area contributed by atoms with Crippen molar-refractivity contribution in [1.82, 2.24) is 4.90 Å². The molecule has 0 radical (unpaired) electrons. The lowest BCUT2D eigenvalue weighted by Crippen LogP contribution is -2.40. The summed E-state index contributed by atoms with van der Waals surface area (Å²) in [7, 11) is 0. The van der Waals surface area contributed by atoms with Crippen LogP contribution in [0.4, 0.5) is 18.9 Å². The number of hydrogen-bond donors (Lipinski definition) is 1. The Labute approximate surface area is 183 Å². The van der Waals surface area contributed by atoms with E-state index in [0.717, 1.165) is 31.6 Å². The standard InChI is InChI=1S/C24H22ClF3N2O/c25-22-11-10-19(13-21(22)24(26,27)28)29-23(31)18-8-4-12-30(15-18)14-17-7-3-6-16-5-1-2-9-20(16)17/h1-3,5-7,9-11,13,18H,4,8,12,14-15H2,(H,29,31). The summed E-state index contributed by atoms with van der Waals surface area (Å²) in [5.74, 6) is -0.549. The van der Waals surface area contributed by atoms with Gasteiger partial charge in [-0.1, -0.05) is 54.1 Å². The molecule has 1 amide bonds. The van der Waals surface area contributed by atoms with Gasteiger partial charge in [-0.25, -0.2) is 0 Å². The largest absolute Gasteiger partial charge is 0.417 e. The number of likely N-dealkylation sites (tertiary alicyclic amines) is 1. The molecule has 1 heterocycles. The lowest BCUT2D eigenvalue weighted by molar-refractivity contribution is -0.137. The number of fused-ring (bicyclic) bond motifs is 1. The molecule has 1 atom stereocenters. The zero-order valence-corrected chi connectivity index (χ0v) is 17.5. The lowest BCUT2D eigenvalue weighted by Gasteiger charge is -2.32. The zero-order valence-electron chi connectivity index (χ0n) is 16.8. The fraction of sp³-hybridized carbons (Fsp3) is 0.292. The van der Waals surface area contributed by atoms with Crippen LogP contribution in [0, 0.1) is 5.92 Å². The minimum absolute atomic E-state index is 0.105. The Morgan fingerprint density at radius 1 is 1.10 bits per heavy atom. The first-order valence-electron chi connectivity index (χ1n) is 10.2. The molecule has 1 fully saturated rings. The van der Waals surface area contributed by atoms with Gasteiger partial charge in [0.2, 0.25) is 5.91 Å². The molecule has 0 spiro atoms. The molecule has 1 aliphatic heterocycles. The van der Waals surface area contributed by atoms with E-state index in [1.165, 1.54) is 22.4 Å². The Balaban J connectivity index is 1.44. The summed E-state index contributed by atoms with van der Waals surface area (Å²) in [6.45, 7) is 2.17. The van der Waals surface area contributed by atoms with Crippen LogP contribution in [-0.2, 0) is 17.5 Å². The summed E-state index contributed by atoms with van der Waals surface area (Å²) in [6.07, 6.45) is -3.01. The Hall–Kier alpha value is -2.57. The summed E-state index contributed by atoms with van der Waals surface area (Å²) >= 11 is 5.66. The third-order valence-corrected chi connectivity index (χ3v) is 6.02. The second kappa shape index (κ2) is 8.89. The van der Waals surface area contributed by atoms with Gasteiger partial charge in [-0.15, -0.1) is 0 Å². The number of halogens is 4. The van der Waals surface area contributed by atoms with Gasteiger partial charge in [0, 0.05) is 18.8 Å². The number of anilines is 1. The van der Waals surface area contributed by atoms with Crippen molar-refractivity contribution < 1.29 is 18.0 Å². The first-order chi connectivity index (χ1) is 14.8. The van der Waals surface area contributed by atoms with E-state index in [1.807, 2.05) is 18.2 Å². The molecule has 3 nitrogen and oxygen atoms in total. The second-order valence-corrected chi connectivity index (χ2v) is 8.30. The molecule has 4 rings (SSSR count). The van der Waals surface area contributed by atoms with Crippen LogP contribution < -0.4 is 5.32 Å². The molecular weight excluding hydrogens is 425 g/mol. The maximum atomic E-state index is 13.1. The molecule has 3 aromatic rings. The minimum atomic E-state index is -4.57. The second-order valence-electron chi connectivity index (χ2n) is 7.89. The van der Waals surface area contributed by atoms with Crippen molar-refractivity contribution in [3.8, 4) is 0 Å². The van der Waals surface area contributed by atoms with Gasteiger partial charge in [0.25, 0.3) is 0 Å². The van der Waals surface area contributed by atoms with E-state index in [4.69, 9.17) is 11.6 Å². The number of benzene rings is 3. The Bertz CT molecular complexity index is 1090. The molecule has 0 aromatic heterocycles. The van der Waals surface area contributed by atoms with Crippen LogP contribution in [0.25, 0.3) is 10.8 Å². The van der Waals surface area contributed by atoms with Crippen LogP contribution in [0.2, 0.25) is 5.02 Å². The van der Waals surface area contributed by atoms with Crippen molar-refractivity contribution >= 4 is 34.0 Å². The van der Waals surface area contributed by atoms with E-state index >= 15 is 0 Å². The number of carbonyl (C=O) groups is 1. The highest BCUT2D eigenvalue weighted by Gasteiger charge is 2.34. The first kappa shape index (κ1) is 21.7. The van der Waals surface area contributed by atoms with Crippen molar-refractivity contribution in [2.24, 2.45) is 5.92 Å². The van der Waals surface area contributed by atoms with Crippen LogP contribution >= 0.6 is 11.6 Å². The lowest BCUT2D eigenvalue weighted by atomic mass is 9.96. The van der Waals surface area contributed by atoms with Crippen LogP contribution in [0.5, 0.6) is 0 Å². The van der Waals surface area contributed by atoms with E-state index in [1.54, 1.807) is 0 Å². The smallest absolute Gasteiger partial charge is 0.326 e. The summed E-state index contributed by atoms with van der Waals surface area (Å²) in [5.41, 5.74) is 0.354. The van der Waals surface area contributed by atoms with Gasteiger partial charge in [-0.3, -0.25) is 9.69 Å². The molecule has 1 saturated heterocycles. The van der Waals surface area contributed by atoms with Gasteiger partial charge in [-0.2, -0.15) is 13.2 Å². The van der Waals surface area contributed by atoms with Crippen LogP contribution in [0.15, 0.2) is 60.7 Å². The normalized spacial score (nSPS) is 17.6. The van der Waals surface area contributed by atoms with Crippen LogP contribution in [0.3, 0.4) is 0 Å². The van der Waals surface area contributed by atoms with E-state index in [-0.39, 0.29) is 22.5 Å². The highest BCUT2D eigenvalue weighted by molar-refractivity contribution is 6.31. The van der Waals surface area contributed by atoms with Gasteiger partial charge >= 0.3 is 6.18 Å². The highest BCUT2D eigenvalue weighted by atomic mass is 35.5. The number of rotatable bonds is 4. The zero-order chi connectivity index (χ0) is 22.0. The molecule has 3 aromatic carbocycles. The average Bonchev–Trinajstić information content (AvgIpc) is 2.75. The Morgan fingerprint density at radius 3 is 2.68 bits per heavy atom. The number of hydrogen-bond acceptors (Lipinski definition) is 2. The molecule has 0 saturated carbocycles. The Morgan fingerprint density at radius 2 is 1.87 bits per heavy atom. The number of nitrogens with one attached hydrogen (secondary N) is 1. The first-order valence-corrected chi connectivity index (χ1v) is 10.6. The van der Waals surface area contributed by atoms with Crippen LogP contribution in [0.1, 0.15) is 24.0 Å². The molecular formula is C24H22ClF3N2O. The third-order valence-electron chi connectivity index (χ3n) is 5.69. The van der Waals surface area contributed by atoms with Crippen molar-refractivity contribution in [1.29, 1.82) is 0 Å². The maximum Gasteiger partial charge on any atom is 0.417 e. The van der Waals surface area contributed by atoms with Gasteiger partial charge < -0.3 is 5.32 Å². The van der Waals surface area contributed by atoms with E-state index in [0.29, 0.717) is 13.0 Å². The van der Waals surface area contributed by atoms with Gasteiger partial charge in [0.1, 0.15) is 0 Å². The molecule has 0 bridgehead atoms. The summed E-state index contributed by atoms with van der Waals surface area (Å²) < 4.78 is 39.3. The van der Waals surface area contributed by atoms with E-state index in [2.05, 4.69) is 34.5 Å². The van der Waals surface area contributed by atoms with Crippen LogP contribution in [-0.4, -0.2) is 23.9 Å². The quantitative estimate of drug-likeness (QED) is 0.505. The Kier molecular flexibility index (Phi) is 6.21. The van der Waals surface area contributed by atoms with Crippen molar-refractivity contribution in [3.63, 3.8) is 0 Å². The van der Waals surface area contributed by atoms with E-state index < -0.39 is 11.7 Å². The van der Waals surface area contributed by atoms with Crippen molar-refractivity contribution in [3.05, 3.63) is 76.8 Å². The summed E-state index contributed by atoms with van der Waals surface area (Å²) in [5, 5.41) is 4.62. The van der Waals surface area contributed by atoms with Crippen molar-refractivity contribution in [2.75, 3.05) is 18.4 Å². The predicted molar refractivity (Wildman–Crippen MR) is 117 cm³/mol. The van der Waals surface area contributed by atoms with Gasteiger partial charge in [0.05, 0.1) is 16.5 Å². The molecule has 1 N–H and O–H groups in total. The minimum Gasteiger partial charge on any atom is -0.326 e. The topological polar surface area (TPSA) is 32.3 Å². The SMILES string of the molecule is O=C(Nc1ccc(Cl)c(C(F)(F)F)c1)C1CCCN(Cc2cccc3ccccc23)C1. The number of carbonyl (C=O) groups excluding carboxylic acids is 1. The number of amides is 1. The summed E-state index contributed by atoms with van der Waals surface area (Å²) in [4.78, 5) is 15.0. The van der Waals surface area contributed by atoms with Crippen molar-refractivity contribution in [2.45, 2.75) is 25.6 Å². The highest BCUT2D eigenvalue weighted by Crippen LogP contribution is 2.36. The van der Waals surface area contributed by atoms with E-state index in [9.17, 15) is 18.0 Å². The summed E-state index contributed by atoms with van der Waals surface area (Å²) in [6, 6.07) is 17.8. The maximum absolute atomic E-state index is 13.1. The number of nitrogens with zero attached hydrogens (tertiary/aromatic N) is 1. The fourth-order valence-electron chi connectivity index (χ4n) is 4.15. The predicted octanol–water partition coefficient (Wildman–Crippen LogP) is 6.36. The molecule has 7 heteroatoms. The number of piperidine rings is 1. The molecule has 31 heavy (non-hydrogen) atoms. The fourth-order valence-corrected chi connectivity index (χ4v) is 4.37.